The molecule has 0 unspecified atom stereocenters. The van der Waals surface area contributed by atoms with Gasteiger partial charge in [-0.1, -0.05) is 11.8 Å². The summed E-state index contributed by atoms with van der Waals surface area (Å²) in [6.45, 7) is 0. The fourth-order valence-electron chi connectivity index (χ4n) is 0.639. The normalized spacial score (nSPS) is 10.0. The van der Waals surface area contributed by atoms with Crippen molar-refractivity contribution in [3.05, 3.63) is 11.9 Å². The molecular weight excluding hydrogens is 186 g/mol. The van der Waals surface area contributed by atoms with Crippen LogP contribution >= 0.6 is 11.8 Å². The summed E-state index contributed by atoms with van der Waals surface area (Å²) in [6, 6.07) is 0. The number of thioether (sulfide) groups is 1. The van der Waals surface area contributed by atoms with Crippen molar-refractivity contribution >= 4 is 11.8 Å². The van der Waals surface area contributed by atoms with Gasteiger partial charge in [0.05, 0.1) is 7.11 Å². The molecule has 0 aliphatic rings. The van der Waals surface area contributed by atoms with Crippen LogP contribution in [0.25, 0.3) is 0 Å². The summed E-state index contributed by atoms with van der Waals surface area (Å²) in [5, 5.41) is 0.0470. The van der Waals surface area contributed by atoms with E-state index in [4.69, 9.17) is 0 Å². The highest BCUT2D eigenvalue weighted by Crippen LogP contribution is 2.20. The van der Waals surface area contributed by atoms with Crippen LogP contribution in [0.1, 0.15) is 0 Å². The highest BCUT2D eigenvalue weighted by molar-refractivity contribution is 7.98. The van der Waals surface area contributed by atoms with Gasteiger partial charge in [0.15, 0.2) is 5.16 Å². The van der Waals surface area contributed by atoms with Gasteiger partial charge in [0.25, 0.3) is 11.9 Å². The fraction of sp³-hybridized carbons (Fsp3) is 0.333. The van der Waals surface area contributed by atoms with E-state index in [1.165, 1.54) is 0 Å². The Morgan fingerprint density at radius 3 is 2.08 bits per heavy atom. The number of hydrogen-bond donors (Lipinski definition) is 0. The molecule has 6 heteroatoms. The smallest absolute Gasteiger partial charge is 0.262 e. The molecule has 0 saturated heterocycles. The Kier molecular flexibility index (Phi) is 2.80. The Morgan fingerprint density at radius 2 is 1.75 bits per heavy atom. The number of ether oxygens (including phenoxy) is 1. The molecule has 0 atom stereocenters. The minimum absolute atomic E-state index is 0.0470. The predicted octanol–water partition coefficient (Wildman–Crippen LogP) is 1.49. The first-order valence-corrected chi connectivity index (χ1v) is 4.22. The summed E-state index contributed by atoms with van der Waals surface area (Å²) in [5.41, 5.74) is 0. The molecule has 1 rings (SSSR count). The van der Waals surface area contributed by atoms with Gasteiger partial charge >= 0.3 is 0 Å². The summed E-state index contributed by atoms with van der Waals surface area (Å²) < 4.78 is 29.9. The third-order valence-corrected chi connectivity index (χ3v) is 1.70. The number of halogens is 2. The summed E-state index contributed by atoms with van der Waals surface area (Å²) in [7, 11) is 1.16. The second-order valence-electron chi connectivity index (χ2n) is 1.83. The van der Waals surface area contributed by atoms with E-state index in [1.54, 1.807) is 6.26 Å². The zero-order valence-electron chi connectivity index (χ0n) is 6.47. The number of hydrogen-bond acceptors (Lipinski definition) is 4. The van der Waals surface area contributed by atoms with Crippen LogP contribution in [0.2, 0.25) is 0 Å². The zero-order valence-corrected chi connectivity index (χ0v) is 7.28. The Labute approximate surface area is 72.2 Å². The third kappa shape index (κ3) is 1.63. The monoisotopic (exact) mass is 192 g/mol. The van der Waals surface area contributed by atoms with Crippen LogP contribution in [0, 0.1) is 11.9 Å². The first-order valence-electron chi connectivity index (χ1n) is 3.00. The molecule has 0 N–H and O–H groups in total. The molecule has 1 heterocycles. The molecule has 1 aromatic heterocycles. The van der Waals surface area contributed by atoms with E-state index in [1.807, 2.05) is 0 Å². The van der Waals surface area contributed by atoms with E-state index in [0.717, 1.165) is 18.9 Å². The average molecular weight is 192 g/mol. The third-order valence-electron chi connectivity index (χ3n) is 1.15. The minimum atomic E-state index is -0.977. The Hall–Kier alpha value is -0.910. The number of methoxy groups -OCH3 is 1. The highest BCUT2D eigenvalue weighted by atomic mass is 32.2. The van der Waals surface area contributed by atoms with E-state index in [2.05, 4.69) is 14.7 Å². The Balaban J connectivity index is 3.18. The molecular formula is C6H6F2N2OS. The average Bonchev–Trinajstić information content (AvgIpc) is 2.03. The number of rotatable bonds is 2. The maximum atomic E-state index is 12.8. The van der Waals surface area contributed by atoms with Crippen LogP contribution in [-0.2, 0) is 0 Å². The highest BCUT2D eigenvalue weighted by Gasteiger charge is 2.13. The van der Waals surface area contributed by atoms with E-state index in [9.17, 15) is 8.78 Å². The van der Waals surface area contributed by atoms with Crippen molar-refractivity contribution < 1.29 is 13.5 Å². The van der Waals surface area contributed by atoms with Crippen molar-refractivity contribution in [3.8, 4) is 5.75 Å². The minimum Gasteiger partial charge on any atom is -0.489 e. The maximum Gasteiger partial charge on any atom is 0.262 e. The fourth-order valence-corrected chi connectivity index (χ4v) is 0.982. The molecule has 0 fully saturated rings. The number of aromatic nitrogens is 2. The van der Waals surface area contributed by atoms with Crippen molar-refractivity contribution in [2.75, 3.05) is 13.4 Å². The molecule has 0 aromatic carbocycles. The Bertz CT molecular complexity index is 272. The lowest BCUT2D eigenvalue weighted by Gasteiger charge is -2.02. The van der Waals surface area contributed by atoms with E-state index in [0.29, 0.717) is 0 Å². The predicted molar refractivity (Wildman–Crippen MR) is 40.3 cm³/mol. The van der Waals surface area contributed by atoms with Gasteiger partial charge in [-0.25, -0.2) is 0 Å². The largest absolute Gasteiger partial charge is 0.489 e. The molecule has 3 nitrogen and oxygen atoms in total. The van der Waals surface area contributed by atoms with Crippen molar-refractivity contribution in [2.45, 2.75) is 5.16 Å². The van der Waals surface area contributed by atoms with Crippen LogP contribution in [0.4, 0.5) is 8.78 Å². The molecule has 0 saturated carbocycles. The van der Waals surface area contributed by atoms with E-state index >= 15 is 0 Å². The first kappa shape index (κ1) is 9.18. The molecule has 1 aromatic rings. The molecule has 12 heavy (non-hydrogen) atoms. The molecule has 0 aliphatic heterocycles. The Morgan fingerprint density at radius 1 is 1.25 bits per heavy atom. The number of nitrogens with zero attached hydrogens (tertiary/aromatic N) is 2. The van der Waals surface area contributed by atoms with Crippen LogP contribution in [-0.4, -0.2) is 23.3 Å². The second kappa shape index (κ2) is 3.66. The first-order chi connectivity index (χ1) is 5.69. The van der Waals surface area contributed by atoms with Gasteiger partial charge in [-0.15, -0.1) is 0 Å². The molecule has 0 spiro atoms. The summed E-state index contributed by atoms with van der Waals surface area (Å²) in [6.07, 6.45) is 1.63. The topological polar surface area (TPSA) is 35.0 Å². The SMILES string of the molecule is COc1c(F)nc(SC)nc1F. The molecule has 66 valence electrons. The van der Waals surface area contributed by atoms with Crippen LogP contribution < -0.4 is 4.74 Å². The molecule has 0 amide bonds. The van der Waals surface area contributed by atoms with Crippen molar-refractivity contribution in [2.24, 2.45) is 0 Å². The van der Waals surface area contributed by atoms with E-state index < -0.39 is 17.6 Å². The molecule has 0 radical (unpaired) electrons. The van der Waals surface area contributed by atoms with Gasteiger partial charge in [-0.3, -0.25) is 0 Å². The van der Waals surface area contributed by atoms with Crippen LogP contribution in [0.15, 0.2) is 5.16 Å². The van der Waals surface area contributed by atoms with Gasteiger partial charge in [0.1, 0.15) is 0 Å². The van der Waals surface area contributed by atoms with Gasteiger partial charge in [0, 0.05) is 0 Å². The van der Waals surface area contributed by atoms with Crippen LogP contribution in [0.5, 0.6) is 5.75 Å². The lowest BCUT2D eigenvalue weighted by atomic mass is 10.6. The zero-order chi connectivity index (χ0) is 9.14. The summed E-state index contributed by atoms with van der Waals surface area (Å²) in [5.74, 6) is -2.50. The maximum absolute atomic E-state index is 12.8. The lowest BCUT2D eigenvalue weighted by molar-refractivity contribution is 0.335. The lowest BCUT2D eigenvalue weighted by Crippen LogP contribution is -2.00. The summed E-state index contributed by atoms with van der Waals surface area (Å²) >= 11 is 1.06. The molecule has 0 bridgehead atoms. The molecule has 0 aliphatic carbocycles. The van der Waals surface area contributed by atoms with Gasteiger partial charge in [-0.2, -0.15) is 18.7 Å². The van der Waals surface area contributed by atoms with E-state index in [-0.39, 0.29) is 5.16 Å². The summed E-state index contributed by atoms with van der Waals surface area (Å²) in [4.78, 5) is 6.69. The quantitative estimate of drug-likeness (QED) is 0.404. The van der Waals surface area contributed by atoms with Crippen molar-refractivity contribution in [1.82, 2.24) is 9.97 Å². The second-order valence-corrected chi connectivity index (χ2v) is 2.60. The standard InChI is InChI=1S/C6H6F2N2OS/c1-11-3-4(7)9-6(12-2)10-5(3)8/h1-2H3. The van der Waals surface area contributed by atoms with Gasteiger partial charge in [0.2, 0.25) is 5.75 Å². The van der Waals surface area contributed by atoms with Crippen molar-refractivity contribution in [3.63, 3.8) is 0 Å². The van der Waals surface area contributed by atoms with Crippen molar-refractivity contribution in [1.29, 1.82) is 0 Å². The van der Waals surface area contributed by atoms with Gasteiger partial charge in [-0.05, 0) is 6.26 Å². The van der Waals surface area contributed by atoms with Gasteiger partial charge < -0.3 is 4.74 Å². The van der Waals surface area contributed by atoms with Crippen LogP contribution in [0.3, 0.4) is 0 Å².